The minimum Gasteiger partial charge on any atom is -0.336 e. The van der Waals surface area contributed by atoms with Gasteiger partial charge in [-0.1, -0.05) is 5.16 Å². The van der Waals surface area contributed by atoms with E-state index in [0.717, 1.165) is 11.3 Å². The van der Waals surface area contributed by atoms with Gasteiger partial charge in [0.15, 0.2) is 5.13 Å². The molecule has 0 fully saturated rings. The van der Waals surface area contributed by atoms with Gasteiger partial charge < -0.3 is 4.52 Å². The lowest BCUT2D eigenvalue weighted by atomic mass is 10.1. The van der Waals surface area contributed by atoms with Crippen molar-refractivity contribution >= 4 is 34.6 Å². The van der Waals surface area contributed by atoms with Crippen molar-refractivity contribution in [3.8, 4) is 0 Å². The minimum atomic E-state index is -0.407. The Kier molecular flexibility index (Phi) is 3.68. The van der Waals surface area contributed by atoms with Gasteiger partial charge in [0.1, 0.15) is 0 Å². The number of carbonyl (C=O) groups is 1. The van der Waals surface area contributed by atoms with E-state index in [1.807, 2.05) is 0 Å². The lowest BCUT2D eigenvalue weighted by Crippen LogP contribution is -2.18. The summed E-state index contributed by atoms with van der Waals surface area (Å²) in [4.78, 5) is 17.1. The Morgan fingerprint density at radius 1 is 1.45 bits per heavy atom. The summed E-state index contributed by atoms with van der Waals surface area (Å²) in [5, 5.41) is 7.89. The number of rotatable bonds is 3. The molecule has 0 bridgehead atoms. The number of hydrazone groups is 1. The van der Waals surface area contributed by atoms with Crippen molar-refractivity contribution in [2.75, 3.05) is 0 Å². The summed E-state index contributed by atoms with van der Waals surface area (Å²) in [5.74, 6) is -0.407. The second-order valence-electron chi connectivity index (χ2n) is 4.60. The average molecular weight is 318 g/mol. The first kappa shape index (κ1) is 14.3. The second kappa shape index (κ2) is 5.64. The number of hydrogen-bond donors (Lipinski definition) is 1. The van der Waals surface area contributed by atoms with E-state index in [-0.39, 0.29) is 5.13 Å². The smallest absolute Gasteiger partial charge is 0.272 e. The molecule has 0 unspecified atom stereocenters. The lowest BCUT2D eigenvalue weighted by molar-refractivity contribution is 0.0956. The number of carbonyl (C=O) groups excluding carboxylic acids is 1. The topological polar surface area (TPSA) is 80.4 Å². The van der Waals surface area contributed by atoms with Crippen LogP contribution < -0.4 is 5.43 Å². The molecule has 0 aliphatic carbocycles. The molecule has 0 aliphatic rings. The molecule has 6 nitrogen and oxygen atoms in total. The van der Waals surface area contributed by atoms with E-state index in [1.165, 1.54) is 12.3 Å². The number of fused-ring (bicyclic) bond motifs is 1. The normalized spacial score (nSPS) is 11.4. The molecular weight excluding hydrogens is 307 g/mol. The SMILES string of the molecule is Cc1cc(C(=O)N/N=C/c2ccc(F)s2)c2c(C)noc2n1. The maximum Gasteiger partial charge on any atom is 0.272 e. The first-order valence-corrected chi connectivity index (χ1v) is 7.18. The number of amides is 1. The highest BCUT2D eigenvalue weighted by Gasteiger charge is 2.17. The van der Waals surface area contributed by atoms with Crippen LogP contribution in [0.3, 0.4) is 0 Å². The predicted molar refractivity (Wildman–Crippen MR) is 80.6 cm³/mol. The number of halogens is 1. The summed E-state index contributed by atoms with van der Waals surface area (Å²) in [6.07, 6.45) is 1.39. The molecule has 3 aromatic rings. The zero-order valence-corrected chi connectivity index (χ0v) is 12.6. The zero-order valence-electron chi connectivity index (χ0n) is 11.8. The van der Waals surface area contributed by atoms with Gasteiger partial charge in [0.2, 0.25) is 0 Å². The molecule has 0 aliphatic heterocycles. The molecule has 1 N–H and O–H groups in total. The minimum absolute atomic E-state index is 0.306. The molecule has 0 atom stereocenters. The van der Waals surface area contributed by atoms with Crippen LogP contribution >= 0.6 is 11.3 Å². The zero-order chi connectivity index (χ0) is 15.7. The first-order valence-electron chi connectivity index (χ1n) is 6.37. The van der Waals surface area contributed by atoms with Crippen LogP contribution in [0.25, 0.3) is 11.1 Å². The van der Waals surface area contributed by atoms with Gasteiger partial charge in [-0.05, 0) is 32.0 Å². The number of nitrogens with one attached hydrogen (secondary N) is 1. The number of aromatic nitrogens is 2. The quantitative estimate of drug-likeness (QED) is 0.595. The Morgan fingerprint density at radius 3 is 3.00 bits per heavy atom. The summed E-state index contributed by atoms with van der Waals surface area (Å²) < 4.78 is 17.9. The van der Waals surface area contributed by atoms with Gasteiger partial charge in [-0.25, -0.2) is 10.4 Å². The van der Waals surface area contributed by atoms with Crippen LogP contribution in [0.5, 0.6) is 0 Å². The lowest BCUT2D eigenvalue weighted by Gasteiger charge is -2.02. The number of hydrogen-bond acceptors (Lipinski definition) is 6. The molecule has 0 aromatic carbocycles. The van der Waals surface area contributed by atoms with Gasteiger partial charge in [0, 0.05) is 5.69 Å². The Morgan fingerprint density at radius 2 is 2.27 bits per heavy atom. The van der Waals surface area contributed by atoms with Crippen molar-refractivity contribution < 1.29 is 13.7 Å². The molecule has 3 heterocycles. The van der Waals surface area contributed by atoms with Gasteiger partial charge in [0.25, 0.3) is 11.6 Å². The van der Waals surface area contributed by atoms with Crippen molar-refractivity contribution in [1.29, 1.82) is 0 Å². The van der Waals surface area contributed by atoms with Crippen molar-refractivity contribution in [3.05, 3.63) is 45.2 Å². The van der Waals surface area contributed by atoms with E-state index in [4.69, 9.17) is 4.52 Å². The third-order valence-corrected chi connectivity index (χ3v) is 3.75. The molecule has 3 aromatic heterocycles. The fourth-order valence-corrected chi connectivity index (χ4v) is 2.61. The van der Waals surface area contributed by atoms with Crippen LogP contribution in [0.1, 0.15) is 26.6 Å². The van der Waals surface area contributed by atoms with Crippen molar-refractivity contribution in [2.24, 2.45) is 5.10 Å². The maximum absolute atomic E-state index is 12.9. The maximum atomic E-state index is 12.9. The van der Waals surface area contributed by atoms with Crippen LogP contribution in [0.4, 0.5) is 4.39 Å². The average Bonchev–Trinajstić information content (AvgIpc) is 3.04. The number of thiophene rings is 1. The Balaban J connectivity index is 1.86. The van der Waals surface area contributed by atoms with Gasteiger partial charge in [-0.15, -0.1) is 11.3 Å². The van der Waals surface area contributed by atoms with Gasteiger partial charge in [0.05, 0.1) is 27.7 Å². The van der Waals surface area contributed by atoms with Crippen LogP contribution in [0.15, 0.2) is 27.8 Å². The van der Waals surface area contributed by atoms with E-state index >= 15 is 0 Å². The molecule has 3 rings (SSSR count). The highest BCUT2D eigenvalue weighted by atomic mass is 32.1. The molecule has 0 spiro atoms. The summed E-state index contributed by atoms with van der Waals surface area (Å²) >= 11 is 0.942. The summed E-state index contributed by atoms with van der Waals surface area (Å²) in [5.41, 5.74) is 4.33. The van der Waals surface area contributed by atoms with Crippen LogP contribution in [0, 0.1) is 19.0 Å². The highest BCUT2D eigenvalue weighted by molar-refractivity contribution is 7.12. The third kappa shape index (κ3) is 2.73. The molecular formula is C14H11FN4O2S. The van der Waals surface area contributed by atoms with E-state index in [2.05, 4.69) is 20.7 Å². The standard InChI is InChI=1S/C14H11FN4O2S/c1-7-5-10(12-8(2)19-21-14(12)17-7)13(20)18-16-6-9-3-4-11(15)22-9/h3-6H,1-2H3,(H,18,20)/b16-6+. The van der Waals surface area contributed by atoms with Crippen LogP contribution in [-0.2, 0) is 0 Å². The fourth-order valence-electron chi connectivity index (χ4n) is 2.01. The van der Waals surface area contributed by atoms with E-state index in [0.29, 0.717) is 32.9 Å². The molecule has 0 saturated heterocycles. The van der Waals surface area contributed by atoms with E-state index in [9.17, 15) is 9.18 Å². The molecule has 22 heavy (non-hydrogen) atoms. The number of nitrogens with zero attached hydrogens (tertiary/aromatic N) is 3. The third-order valence-electron chi connectivity index (χ3n) is 2.94. The van der Waals surface area contributed by atoms with Crippen molar-refractivity contribution in [1.82, 2.24) is 15.6 Å². The van der Waals surface area contributed by atoms with Crippen molar-refractivity contribution in [3.63, 3.8) is 0 Å². The Labute approximate surface area is 128 Å². The van der Waals surface area contributed by atoms with Gasteiger partial charge in [-0.2, -0.15) is 9.49 Å². The van der Waals surface area contributed by atoms with Crippen LogP contribution in [-0.4, -0.2) is 22.3 Å². The molecule has 8 heteroatoms. The van der Waals surface area contributed by atoms with Gasteiger partial charge in [-0.3, -0.25) is 4.79 Å². The monoisotopic (exact) mass is 318 g/mol. The van der Waals surface area contributed by atoms with Crippen LogP contribution in [0.2, 0.25) is 0 Å². The van der Waals surface area contributed by atoms with Crippen molar-refractivity contribution in [2.45, 2.75) is 13.8 Å². The van der Waals surface area contributed by atoms with E-state index in [1.54, 1.807) is 26.0 Å². The Bertz CT molecular complexity index is 884. The molecule has 0 saturated carbocycles. The second-order valence-corrected chi connectivity index (χ2v) is 5.67. The number of aryl methyl sites for hydroxylation is 2. The summed E-state index contributed by atoms with van der Waals surface area (Å²) in [7, 11) is 0. The predicted octanol–water partition coefficient (Wildman–Crippen LogP) is 2.80. The summed E-state index contributed by atoms with van der Waals surface area (Å²) in [6.45, 7) is 3.49. The largest absolute Gasteiger partial charge is 0.336 e. The molecule has 1 amide bonds. The molecule has 112 valence electrons. The number of pyridine rings is 1. The Hall–Kier alpha value is -2.61. The fraction of sp³-hybridized carbons (Fsp3) is 0.143. The summed E-state index contributed by atoms with van der Waals surface area (Å²) in [6, 6.07) is 4.56. The first-order chi connectivity index (χ1) is 10.5. The molecule has 0 radical (unpaired) electrons. The van der Waals surface area contributed by atoms with Gasteiger partial charge >= 0.3 is 0 Å². The van der Waals surface area contributed by atoms with E-state index < -0.39 is 5.91 Å². The highest BCUT2D eigenvalue weighted by Crippen LogP contribution is 2.21.